The lowest BCUT2D eigenvalue weighted by atomic mass is 9.57. The molecule has 1 aliphatic heterocycles. The van der Waals surface area contributed by atoms with Crippen LogP contribution in [-0.4, -0.2) is 18.7 Å². The zero-order valence-electron chi connectivity index (χ0n) is 16.2. The molecule has 2 N–H and O–H groups in total. The highest BCUT2D eigenvalue weighted by molar-refractivity contribution is 6.31. The molecule has 0 aromatic heterocycles. The van der Waals surface area contributed by atoms with Crippen molar-refractivity contribution >= 4 is 29.0 Å². The minimum Gasteiger partial charge on any atom is -0.463 e. The van der Waals surface area contributed by atoms with Gasteiger partial charge < -0.3 is 10.2 Å². The predicted molar refractivity (Wildman–Crippen MR) is 106 cm³/mol. The first kappa shape index (κ1) is 18.5. The second kappa shape index (κ2) is 5.33. The zero-order valence-corrected chi connectivity index (χ0v) is 16.9. The maximum atomic E-state index is 14.0. The van der Waals surface area contributed by atoms with Crippen LogP contribution in [0.3, 0.4) is 0 Å². The topological polar surface area (TPSA) is 54.0 Å². The Balaban J connectivity index is 2.23. The van der Waals surface area contributed by atoms with Gasteiger partial charge in [-0.15, -0.1) is 6.58 Å². The number of fused-ring (bicyclic) bond motifs is 3. The molecule has 1 heterocycles. The Morgan fingerprint density at radius 3 is 2.56 bits per heavy atom. The molecule has 4 nitrogen and oxygen atoms in total. The van der Waals surface area contributed by atoms with E-state index in [4.69, 9.17) is 11.6 Å². The quantitative estimate of drug-likeness (QED) is 0.629. The number of Topliss-reactive ketones (excluding diaryl/α,β-unsaturated/α-hetero) is 1. The van der Waals surface area contributed by atoms with E-state index in [1.807, 2.05) is 45.0 Å². The molecule has 0 unspecified atom stereocenters. The number of likely N-dealkylation sites (N-methyl/N-ethyl adjacent to an activating group) is 1. The van der Waals surface area contributed by atoms with Gasteiger partial charge in [0.1, 0.15) is 0 Å². The first-order valence-corrected chi connectivity index (χ1v) is 9.57. The molecule has 0 saturated heterocycles. The minimum absolute atomic E-state index is 0.0202. The summed E-state index contributed by atoms with van der Waals surface area (Å²) >= 11 is 6.79. The van der Waals surface area contributed by atoms with Gasteiger partial charge in [-0.05, 0) is 24.0 Å². The van der Waals surface area contributed by atoms with Crippen molar-refractivity contribution in [2.24, 2.45) is 16.7 Å². The van der Waals surface area contributed by atoms with Crippen molar-refractivity contribution in [3.63, 3.8) is 0 Å². The summed E-state index contributed by atoms with van der Waals surface area (Å²) in [5.41, 5.74) is 0.115. The Morgan fingerprint density at radius 2 is 1.96 bits per heavy atom. The lowest BCUT2D eigenvalue weighted by molar-refractivity contribution is -0.682. The molecule has 1 aromatic carbocycles. The molecule has 2 bridgehead atoms. The fraction of sp³-hybridized carbons (Fsp3) is 0.409. The van der Waals surface area contributed by atoms with E-state index >= 15 is 0 Å². The first-order chi connectivity index (χ1) is 12.6. The Bertz CT molecular complexity index is 934. The molecule has 4 rings (SSSR count). The number of carbonyl (C=O) groups excluding carboxylic acids is 2. The Kier molecular flexibility index (Phi) is 3.64. The number of amides is 1. The summed E-state index contributed by atoms with van der Waals surface area (Å²) in [6.07, 6.45) is 3.58. The van der Waals surface area contributed by atoms with E-state index in [2.05, 4.69) is 13.6 Å². The molecule has 0 spiro atoms. The number of allylic oxidation sites excluding steroid dienone is 1. The molecule has 4 atom stereocenters. The molecule has 0 fully saturated rings. The third-order valence-corrected chi connectivity index (χ3v) is 7.81. The van der Waals surface area contributed by atoms with E-state index in [0.29, 0.717) is 5.03 Å². The van der Waals surface area contributed by atoms with Gasteiger partial charge in [0, 0.05) is 23.3 Å². The third kappa shape index (κ3) is 1.79. The third-order valence-electron chi connectivity index (χ3n) is 7.29. The summed E-state index contributed by atoms with van der Waals surface area (Å²) < 4.78 is 0. The van der Waals surface area contributed by atoms with E-state index in [1.165, 1.54) is 0 Å². The first-order valence-electron chi connectivity index (χ1n) is 9.19. The van der Waals surface area contributed by atoms with E-state index < -0.39 is 28.2 Å². The molecule has 1 amide bonds. The Hall–Kier alpha value is -1.91. The second-order valence-corrected chi connectivity index (χ2v) is 9.07. The van der Waals surface area contributed by atoms with Crippen molar-refractivity contribution in [2.75, 3.05) is 11.9 Å². The maximum absolute atomic E-state index is 14.0. The van der Waals surface area contributed by atoms with Crippen molar-refractivity contribution in [3.05, 3.63) is 60.1 Å². The number of nitrogens with two attached hydrogens (primary N) is 1. The SMILES string of the molecule is C=C[C@]1(C)C(Cl)=C[C@H]2C(=O)[C@]1([NH2+][CH2-])c1cccc3c1[C@H](C(=O)N3C)C2(C)C. The van der Waals surface area contributed by atoms with Crippen LogP contribution in [0.1, 0.15) is 37.8 Å². The van der Waals surface area contributed by atoms with Gasteiger partial charge >= 0.3 is 0 Å². The van der Waals surface area contributed by atoms with Crippen LogP contribution < -0.4 is 10.2 Å². The lowest BCUT2D eigenvalue weighted by Crippen LogP contribution is -2.96. The van der Waals surface area contributed by atoms with Crippen LogP contribution in [0.15, 0.2) is 42.0 Å². The van der Waals surface area contributed by atoms with Gasteiger partial charge in [-0.2, -0.15) is 7.05 Å². The number of quaternary nitrogens is 1. The fourth-order valence-electron chi connectivity index (χ4n) is 5.53. The Morgan fingerprint density at radius 1 is 1.30 bits per heavy atom. The lowest BCUT2D eigenvalue weighted by Gasteiger charge is -2.50. The van der Waals surface area contributed by atoms with Gasteiger partial charge in [-0.25, -0.2) is 0 Å². The fourth-order valence-corrected chi connectivity index (χ4v) is 5.88. The number of rotatable bonds is 2. The summed E-state index contributed by atoms with van der Waals surface area (Å²) in [6.45, 7) is 9.93. The number of ketones is 1. The second-order valence-electron chi connectivity index (χ2n) is 8.67. The predicted octanol–water partition coefficient (Wildman–Crippen LogP) is 2.85. The van der Waals surface area contributed by atoms with E-state index in [-0.39, 0.29) is 11.7 Å². The van der Waals surface area contributed by atoms with Crippen LogP contribution in [-0.2, 0) is 15.1 Å². The molecular weight excluding hydrogens is 360 g/mol. The molecule has 5 heteroatoms. The number of nitrogens with zero attached hydrogens (tertiary/aromatic N) is 1. The smallest absolute Gasteiger partial charge is 0.234 e. The summed E-state index contributed by atoms with van der Waals surface area (Å²) in [6, 6.07) is 5.80. The number of benzene rings is 1. The van der Waals surface area contributed by atoms with Crippen LogP contribution in [0.5, 0.6) is 0 Å². The molecule has 0 radical (unpaired) electrons. The monoisotopic (exact) mass is 384 g/mol. The van der Waals surface area contributed by atoms with E-state index in [9.17, 15) is 9.59 Å². The van der Waals surface area contributed by atoms with Gasteiger partial charge in [0.2, 0.25) is 11.7 Å². The number of halogens is 1. The van der Waals surface area contributed by atoms with Gasteiger partial charge in [0.15, 0.2) is 5.54 Å². The Labute approximate surface area is 165 Å². The summed E-state index contributed by atoms with van der Waals surface area (Å²) in [4.78, 5) is 29.0. The standard InChI is InChI=1S/C22H25ClN2O2/c1-7-21(4)15(23)11-13-18(26)22(21,24-5)12-9-8-10-14-16(12)17(20(13,2)3)19(27)25(14)6/h7-11,13,17H,1,5,24H2,2-4,6H3/t13-,17+,21+,22+/m0/s1. The van der Waals surface area contributed by atoms with Crippen molar-refractivity contribution in [1.29, 1.82) is 0 Å². The molecule has 2 aliphatic carbocycles. The van der Waals surface area contributed by atoms with Crippen LogP contribution in [0.4, 0.5) is 5.69 Å². The highest BCUT2D eigenvalue weighted by Crippen LogP contribution is 2.62. The van der Waals surface area contributed by atoms with Crippen LogP contribution >= 0.6 is 11.6 Å². The number of hydrogen-bond donors (Lipinski definition) is 1. The van der Waals surface area contributed by atoms with Crippen LogP contribution in [0.2, 0.25) is 0 Å². The van der Waals surface area contributed by atoms with Crippen molar-refractivity contribution in [3.8, 4) is 0 Å². The average Bonchev–Trinajstić information content (AvgIpc) is 2.88. The molecule has 27 heavy (non-hydrogen) atoms. The van der Waals surface area contributed by atoms with Gasteiger partial charge in [0.05, 0.1) is 17.3 Å². The van der Waals surface area contributed by atoms with E-state index in [0.717, 1.165) is 16.8 Å². The number of carbonyl (C=O) groups is 2. The molecule has 3 aliphatic rings. The normalized spacial score (nSPS) is 36.2. The van der Waals surface area contributed by atoms with Crippen LogP contribution in [0.25, 0.3) is 0 Å². The molecule has 1 aromatic rings. The van der Waals surface area contributed by atoms with Crippen molar-refractivity contribution < 1.29 is 14.9 Å². The summed E-state index contributed by atoms with van der Waals surface area (Å²) in [5.74, 6) is -0.839. The summed E-state index contributed by atoms with van der Waals surface area (Å²) in [7, 11) is 5.87. The van der Waals surface area contributed by atoms with E-state index in [1.54, 1.807) is 23.3 Å². The largest absolute Gasteiger partial charge is 0.463 e. The van der Waals surface area contributed by atoms with Gasteiger partial charge in [-0.1, -0.05) is 49.7 Å². The maximum Gasteiger partial charge on any atom is 0.234 e. The average molecular weight is 385 g/mol. The molecule has 142 valence electrons. The number of anilines is 1. The highest BCUT2D eigenvalue weighted by Gasteiger charge is 2.68. The van der Waals surface area contributed by atoms with Gasteiger partial charge in [-0.3, -0.25) is 9.59 Å². The summed E-state index contributed by atoms with van der Waals surface area (Å²) in [5, 5.41) is 2.30. The van der Waals surface area contributed by atoms with Gasteiger partial charge in [0.25, 0.3) is 0 Å². The van der Waals surface area contributed by atoms with Crippen molar-refractivity contribution in [2.45, 2.75) is 32.2 Å². The number of hydrogen-bond acceptors (Lipinski definition) is 2. The highest BCUT2D eigenvalue weighted by atomic mass is 35.5. The minimum atomic E-state index is -1.06. The zero-order chi connectivity index (χ0) is 19.9. The van der Waals surface area contributed by atoms with Crippen LogP contribution in [0, 0.1) is 23.8 Å². The molecular formula is C22H25ClN2O2. The molecule has 0 saturated carbocycles. The van der Waals surface area contributed by atoms with Crippen molar-refractivity contribution in [1.82, 2.24) is 0 Å².